The van der Waals surface area contributed by atoms with Crippen LogP contribution in [0.25, 0.3) is 10.9 Å². The monoisotopic (exact) mass is 385 g/mol. The molecule has 0 aliphatic carbocycles. The van der Waals surface area contributed by atoms with Crippen molar-refractivity contribution in [3.05, 3.63) is 65.4 Å². The summed E-state index contributed by atoms with van der Waals surface area (Å²) < 4.78 is 27.4. The zero-order valence-electron chi connectivity index (χ0n) is 15.4. The van der Waals surface area contributed by atoms with E-state index >= 15 is 0 Å². The average Bonchev–Trinajstić information content (AvgIpc) is 3.04. The molecule has 0 spiro atoms. The van der Waals surface area contributed by atoms with Crippen LogP contribution >= 0.6 is 0 Å². The first kappa shape index (κ1) is 19.1. The third kappa shape index (κ3) is 4.56. The molecule has 0 unspecified atom stereocenters. The molecule has 0 atom stereocenters. The lowest BCUT2D eigenvalue weighted by molar-refractivity contribution is -0.120. The van der Waals surface area contributed by atoms with Gasteiger partial charge in [0, 0.05) is 30.2 Å². The number of aryl methyl sites for hydroxylation is 2. The standard InChI is InChI=1S/C20H23N3O3S/c1-14-7-8-15(2)19(11-14)27(25,26)23-10-9-21-20(24)12-16-13-22-18-6-4-3-5-17(16)18/h3-8,11,13,22-23H,9-10,12H2,1-2H3,(H,21,24). The van der Waals surface area contributed by atoms with Crippen LogP contribution in [0.15, 0.2) is 53.6 Å². The predicted octanol–water partition coefficient (Wildman–Crippen LogP) is 2.42. The van der Waals surface area contributed by atoms with Gasteiger partial charge in [0.15, 0.2) is 0 Å². The Kier molecular flexibility index (Phi) is 5.62. The topological polar surface area (TPSA) is 91.1 Å². The van der Waals surface area contributed by atoms with Crippen molar-refractivity contribution in [3.8, 4) is 0 Å². The third-order valence-electron chi connectivity index (χ3n) is 4.40. The lowest BCUT2D eigenvalue weighted by Gasteiger charge is -2.10. The highest BCUT2D eigenvalue weighted by atomic mass is 32.2. The first-order valence-corrected chi connectivity index (χ1v) is 10.2. The van der Waals surface area contributed by atoms with Crippen molar-refractivity contribution in [3.63, 3.8) is 0 Å². The van der Waals surface area contributed by atoms with Crippen LogP contribution in [-0.4, -0.2) is 32.4 Å². The van der Waals surface area contributed by atoms with E-state index in [4.69, 9.17) is 0 Å². The van der Waals surface area contributed by atoms with Gasteiger partial charge >= 0.3 is 0 Å². The number of H-pyrrole nitrogens is 1. The average molecular weight is 385 g/mol. The highest BCUT2D eigenvalue weighted by Crippen LogP contribution is 2.18. The molecule has 0 bridgehead atoms. The maximum absolute atomic E-state index is 12.4. The fraction of sp³-hybridized carbons (Fsp3) is 0.250. The van der Waals surface area contributed by atoms with Gasteiger partial charge in [-0.1, -0.05) is 30.3 Å². The van der Waals surface area contributed by atoms with Gasteiger partial charge in [0.05, 0.1) is 11.3 Å². The number of rotatable bonds is 7. The molecule has 0 saturated carbocycles. The second-order valence-electron chi connectivity index (χ2n) is 6.55. The number of amides is 1. The number of aromatic amines is 1. The molecular formula is C20H23N3O3S. The van der Waals surface area contributed by atoms with E-state index < -0.39 is 10.0 Å². The molecule has 1 aromatic heterocycles. The van der Waals surface area contributed by atoms with Gasteiger partial charge in [0.1, 0.15) is 0 Å². The number of aromatic nitrogens is 1. The van der Waals surface area contributed by atoms with Gasteiger partial charge in [-0.3, -0.25) is 4.79 Å². The Labute approximate surface area is 159 Å². The number of carbonyl (C=O) groups excluding carboxylic acids is 1. The minimum atomic E-state index is -3.60. The highest BCUT2D eigenvalue weighted by Gasteiger charge is 2.16. The van der Waals surface area contributed by atoms with Crippen molar-refractivity contribution in [2.75, 3.05) is 13.1 Å². The summed E-state index contributed by atoms with van der Waals surface area (Å²) in [6.45, 7) is 3.97. The van der Waals surface area contributed by atoms with Crippen molar-refractivity contribution >= 4 is 26.8 Å². The van der Waals surface area contributed by atoms with Gasteiger partial charge in [-0.15, -0.1) is 0 Å². The van der Waals surface area contributed by atoms with E-state index in [1.807, 2.05) is 43.5 Å². The minimum Gasteiger partial charge on any atom is -0.361 e. The molecule has 3 aromatic rings. The number of benzene rings is 2. The maximum Gasteiger partial charge on any atom is 0.240 e. The normalized spacial score (nSPS) is 11.6. The molecule has 0 aliphatic heterocycles. The maximum atomic E-state index is 12.4. The van der Waals surface area contributed by atoms with Crippen LogP contribution in [0.1, 0.15) is 16.7 Å². The van der Waals surface area contributed by atoms with Crippen LogP contribution in [0, 0.1) is 13.8 Å². The number of hydrogen-bond acceptors (Lipinski definition) is 3. The molecule has 0 fully saturated rings. The quantitative estimate of drug-likeness (QED) is 0.546. The summed E-state index contributed by atoms with van der Waals surface area (Å²) in [6.07, 6.45) is 2.07. The first-order chi connectivity index (χ1) is 12.9. The second-order valence-corrected chi connectivity index (χ2v) is 8.29. The summed E-state index contributed by atoms with van der Waals surface area (Å²) in [7, 11) is -3.60. The molecule has 1 heterocycles. The van der Waals surface area contributed by atoms with E-state index in [1.165, 1.54) is 0 Å². The number of hydrogen-bond donors (Lipinski definition) is 3. The molecule has 0 radical (unpaired) electrons. The first-order valence-electron chi connectivity index (χ1n) is 8.75. The van der Waals surface area contributed by atoms with Crippen molar-refractivity contribution in [2.45, 2.75) is 25.2 Å². The molecule has 0 saturated heterocycles. The van der Waals surface area contributed by atoms with Crippen LogP contribution in [-0.2, 0) is 21.2 Å². The van der Waals surface area contributed by atoms with Crippen LogP contribution in [0.5, 0.6) is 0 Å². The minimum absolute atomic E-state index is 0.134. The van der Waals surface area contributed by atoms with E-state index in [9.17, 15) is 13.2 Å². The number of carbonyl (C=O) groups is 1. The van der Waals surface area contributed by atoms with Gasteiger partial charge < -0.3 is 10.3 Å². The number of nitrogens with one attached hydrogen (secondary N) is 3. The van der Waals surface area contributed by atoms with E-state index in [0.717, 1.165) is 22.0 Å². The zero-order chi connectivity index (χ0) is 19.4. The Morgan fingerprint density at radius 2 is 1.85 bits per heavy atom. The van der Waals surface area contributed by atoms with Crippen molar-refractivity contribution < 1.29 is 13.2 Å². The van der Waals surface area contributed by atoms with E-state index in [2.05, 4.69) is 15.0 Å². The Morgan fingerprint density at radius 3 is 2.67 bits per heavy atom. The number of sulfonamides is 1. The summed E-state index contributed by atoms with van der Waals surface area (Å²) in [5.41, 5.74) is 3.48. The summed E-state index contributed by atoms with van der Waals surface area (Å²) in [4.78, 5) is 15.6. The SMILES string of the molecule is Cc1ccc(C)c(S(=O)(=O)NCCNC(=O)Cc2c[nH]c3ccccc23)c1. The molecule has 3 rings (SSSR count). The molecule has 7 heteroatoms. The van der Waals surface area contributed by atoms with Gasteiger partial charge in [-0.05, 0) is 42.7 Å². The van der Waals surface area contributed by atoms with Crippen molar-refractivity contribution in [1.82, 2.24) is 15.0 Å². The molecule has 142 valence electrons. The van der Waals surface area contributed by atoms with E-state index in [1.54, 1.807) is 19.1 Å². The fourth-order valence-electron chi connectivity index (χ4n) is 2.98. The Morgan fingerprint density at radius 1 is 1.07 bits per heavy atom. The van der Waals surface area contributed by atoms with Crippen molar-refractivity contribution in [1.29, 1.82) is 0 Å². The van der Waals surface area contributed by atoms with Crippen molar-refractivity contribution in [2.24, 2.45) is 0 Å². The molecule has 3 N–H and O–H groups in total. The lowest BCUT2D eigenvalue weighted by Crippen LogP contribution is -2.35. The Bertz CT molecular complexity index is 1070. The van der Waals surface area contributed by atoms with Crippen LogP contribution in [0.3, 0.4) is 0 Å². The van der Waals surface area contributed by atoms with Crippen LogP contribution in [0.4, 0.5) is 0 Å². The largest absolute Gasteiger partial charge is 0.361 e. The molecule has 0 aliphatic rings. The zero-order valence-corrected chi connectivity index (χ0v) is 16.2. The number of para-hydroxylation sites is 1. The number of fused-ring (bicyclic) bond motifs is 1. The third-order valence-corrected chi connectivity index (χ3v) is 6.00. The Hall–Kier alpha value is -2.64. The fourth-order valence-corrected chi connectivity index (χ4v) is 4.33. The van der Waals surface area contributed by atoms with Gasteiger partial charge in [0.2, 0.25) is 15.9 Å². The summed E-state index contributed by atoms with van der Waals surface area (Å²) >= 11 is 0. The smallest absolute Gasteiger partial charge is 0.240 e. The van der Waals surface area contributed by atoms with E-state index in [-0.39, 0.29) is 30.3 Å². The van der Waals surface area contributed by atoms with E-state index in [0.29, 0.717) is 5.56 Å². The van der Waals surface area contributed by atoms with Gasteiger partial charge in [-0.2, -0.15) is 0 Å². The summed E-state index contributed by atoms with van der Waals surface area (Å²) in [5.74, 6) is -0.148. The molecule has 2 aromatic carbocycles. The van der Waals surface area contributed by atoms with Crippen LogP contribution < -0.4 is 10.0 Å². The molecule has 6 nitrogen and oxygen atoms in total. The Balaban J connectivity index is 1.52. The van der Waals surface area contributed by atoms with Gasteiger partial charge in [0.25, 0.3) is 0 Å². The highest BCUT2D eigenvalue weighted by molar-refractivity contribution is 7.89. The second kappa shape index (κ2) is 7.94. The summed E-state index contributed by atoms with van der Waals surface area (Å²) in [5, 5.41) is 3.77. The molecular weight excluding hydrogens is 362 g/mol. The van der Waals surface area contributed by atoms with Gasteiger partial charge in [-0.25, -0.2) is 13.1 Å². The molecule has 1 amide bonds. The summed E-state index contributed by atoms with van der Waals surface area (Å²) in [6, 6.07) is 13.1. The molecule has 27 heavy (non-hydrogen) atoms. The lowest BCUT2D eigenvalue weighted by atomic mass is 10.1. The predicted molar refractivity (Wildman–Crippen MR) is 106 cm³/mol. The van der Waals surface area contributed by atoms with Crippen LogP contribution in [0.2, 0.25) is 0 Å².